The Morgan fingerprint density at radius 2 is 2.40 bits per heavy atom. The fraction of sp³-hybridized carbons (Fsp3) is 0.111. The molecular weight excluding hydrogens is 196 g/mol. The first-order valence-corrected chi connectivity index (χ1v) is 4.22. The molecule has 0 bridgehead atoms. The van der Waals surface area contributed by atoms with Gasteiger partial charge in [0, 0.05) is 18.0 Å². The molecule has 2 aromatic rings. The number of carbonyl (C=O) groups is 1. The van der Waals surface area contributed by atoms with Crippen LogP contribution in [-0.4, -0.2) is 33.5 Å². The van der Waals surface area contributed by atoms with Crippen LogP contribution in [0.3, 0.4) is 0 Å². The highest BCUT2D eigenvalue weighted by molar-refractivity contribution is 5.93. The van der Waals surface area contributed by atoms with Gasteiger partial charge in [0.2, 0.25) is 0 Å². The molecule has 0 saturated carbocycles. The Hall–Kier alpha value is -2.24. The van der Waals surface area contributed by atoms with Crippen molar-refractivity contribution in [3.63, 3.8) is 0 Å². The first kappa shape index (κ1) is 9.32. The summed E-state index contributed by atoms with van der Waals surface area (Å²) in [5, 5.41) is 9.85. The fourth-order valence-electron chi connectivity index (χ4n) is 1.18. The highest BCUT2D eigenvalue weighted by Gasteiger charge is 2.17. The van der Waals surface area contributed by atoms with Crippen LogP contribution in [0.1, 0.15) is 10.5 Å². The third-order valence-electron chi connectivity index (χ3n) is 1.88. The summed E-state index contributed by atoms with van der Waals surface area (Å²) in [5.41, 5.74) is 1.41. The van der Waals surface area contributed by atoms with Gasteiger partial charge < -0.3 is 4.74 Å². The molecule has 2 rings (SSSR count). The number of pyridine rings is 1. The second kappa shape index (κ2) is 3.87. The van der Waals surface area contributed by atoms with Crippen LogP contribution in [0.2, 0.25) is 0 Å². The van der Waals surface area contributed by atoms with Crippen molar-refractivity contribution in [2.75, 3.05) is 7.11 Å². The molecular formula is C9H8N4O2. The molecule has 15 heavy (non-hydrogen) atoms. The number of ether oxygens (including phenoxy) is 1. The molecule has 0 amide bonds. The number of methoxy groups -OCH3 is 1. The van der Waals surface area contributed by atoms with E-state index in [-0.39, 0.29) is 5.69 Å². The Morgan fingerprint density at radius 1 is 1.53 bits per heavy atom. The molecule has 0 aliphatic heterocycles. The molecule has 76 valence electrons. The molecule has 0 aromatic carbocycles. The van der Waals surface area contributed by atoms with Crippen molar-refractivity contribution in [2.45, 2.75) is 0 Å². The Labute approximate surface area is 85.3 Å². The lowest BCUT2D eigenvalue weighted by atomic mass is 10.2. The van der Waals surface area contributed by atoms with Gasteiger partial charge in [0.15, 0.2) is 5.69 Å². The number of hydrogen-bond acceptors (Lipinski definition) is 5. The molecule has 1 N–H and O–H groups in total. The zero-order chi connectivity index (χ0) is 10.7. The van der Waals surface area contributed by atoms with Gasteiger partial charge in [-0.15, -0.1) is 5.10 Å². The first-order chi connectivity index (χ1) is 7.33. The van der Waals surface area contributed by atoms with Gasteiger partial charge in [-0.05, 0) is 12.1 Å². The van der Waals surface area contributed by atoms with E-state index in [1.165, 1.54) is 7.11 Å². The van der Waals surface area contributed by atoms with Crippen LogP contribution in [0.15, 0.2) is 24.5 Å². The summed E-state index contributed by atoms with van der Waals surface area (Å²) in [6, 6.07) is 3.56. The Morgan fingerprint density at radius 3 is 3.07 bits per heavy atom. The third-order valence-corrected chi connectivity index (χ3v) is 1.88. The topological polar surface area (TPSA) is 80.8 Å². The lowest BCUT2D eigenvalue weighted by Gasteiger charge is -1.98. The number of aromatic nitrogens is 4. The smallest absolute Gasteiger partial charge is 0.360 e. The van der Waals surface area contributed by atoms with Gasteiger partial charge in [-0.3, -0.25) is 10.1 Å². The zero-order valence-electron chi connectivity index (χ0n) is 7.97. The Balaban J connectivity index is 2.46. The lowest BCUT2D eigenvalue weighted by molar-refractivity contribution is 0.0595. The number of carbonyl (C=O) groups excluding carboxylic acids is 1. The van der Waals surface area contributed by atoms with Crippen molar-refractivity contribution < 1.29 is 9.53 Å². The largest absolute Gasteiger partial charge is 0.464 e. The summed E-state index contributed by atoms with van der Waals surface area (Å²) in [6.07, 6.45) is 3.26. The Bertz CT molecular complexity index is 466. The summed E-state index contributed by atoms with van der Waals surface area (Å²) < 4.78 is 4.57. The van der Waals surface area contributed by atoms with Gasteiger partial charge >= 0.3 is 5.97 Å². The maximum Gasteiger partial charge on any atom is 0.360 e. The molecule has 6 nitrogen and oxygen atoms in total. The molecule has 0 aliphatic rings. The maximum absolute atomic E-state index is 11.3. The van der Waals surface area contributed by atoms with Crippen molar-refractivity contribution in [3.05, 3.63) is 30.2 Å². The van der Waals surface area contributed by atoms with Gasteiger partial charge in [0.05, 0.1) is 7.11 Å². The first-order valence-electron chi connectivity index (χ1n) is 4.22. The SMILES string of the molecule is COC(=O)c1nn[nH]c1-c1cccnc1. The second-order valence-corrected chi connectivity index (χ2v) is 2.77. The highest BCUT2D eigenvalue weighted by atomic mass is 16.5. The maximum atomic E-state index is 11.3. The molecule has 0 radical (unpaired) electrons. The predicted octanol–water partition coefficient (Wildman–Crippen LogP) is 0.653. The highest BCUT2D eigenvalue weighted by Crippen LogP contribution is 2.18. The van der Waals surface area contributed by atoms with E-state index < -0.39 is 5.97 Å². The van der Waals surface area contributed by atoms with Gasteiger partial charge in [-0.1, -0.05) is 5.21 Å². The van der Waals surface area contributed by atoms with Crippen LogP contribution in [-0.2, 0) is 4.74 Å². The second-order valence-electron chi connectivity index (χ2n) is 2.77. The van der Waals surface area contributed by atoms with E-state index in [9.17, 15) is 4.79 Å². The summed E-state index contributed by atoms with van der Waals surface area (Å²) in [7, 11) is 1.30. The average Bonchev–Trinajstić information content (AvgIpc) is 2.78. The van der Waals surface area contributed by atoms with Crippen LogP contribution in [0, 0.1) is 0 Å². The molecule has 2 aromatic heterocycles. The average molecular weight is 204 g/mol. The monoisotopic (exact) mass is 204 g/mol. The number of nitrogens with one attached hydrogen (secondary N) is 1. The van der Waals surface area contributed by atoms with E-state index in [2.05, 4.69) is 25.1 Å². The standard InChI is InChI=1S/C9H8N4O2/c1-15-9(14)8-7(11-13-12-8)6-3-2-4-10-5-6/h2-5H,1H3,(H,11,12,13). The van der Waals surface area contributed by atoms with E-state index in [1.54, 1.807) is 24.5 Å². The van der Waals surface area contributed by atoms with E-state index in [4.69, 9.17) is 0 Å². The molecule has 6 heteroatoms. The molecule has 0 aliphatic carbocycles. The molecule has 0 atom stereocenters. The number of H-pyrrole nitrogens is 1. The molecule has 0 spiro atoms. The minimum Gasteiger partial charge on any atom is -0.464 e. The van der Waals surface area contributed by atoms with E-state index in [0.29, 0.717) is 5.69 Å². The van der Waals surface area contributed by atoms with Gasteiger partial charge in [0.25, 0.3) is 0 Å². The van der Waals surface area contributed by atoms with Gasteiger partial charge in [-0.2, -0.15) is 0 Å². The number of esters is 1. The fourth-order valence-corrected chi connectivity index (χ4v) is 1.18. The number of rotatable bonds is 2. The molecule has 0 unspecified atom stereocenters. The van der Waals surface area contributed by atoms with Crippen molar-refractivity contribution in [3.8, 4) is 11.3 Å². The van der Waals surface area contributed by atoms with Crippen LogP contribution in [0.4, 0.5) is 0 Å². The van der Waals surface area contributed by atoms with Gasteiger partial charge in [-0.25, -0.2) is 4.79 Å². The number of nitrogens with zero attached hydrogens (tertiary/aromatic N) is 3. The van der Waals surface area contributed by atoms with Gasteiger partial charge in [0.1, 0.15) is 5.69 Å². The predicted molar refractivity (Wildman–Crippen MR) is 51.0 cm³/mol. The Kier molecular flexibility index (Phi) is 2.40. The summed E-state index contributed by atoms with van der Waals surface area (Å²) in [5.74, 6) is -0.525. The third kappa shape index (κ3) is 1.69. The molecule has 0 fully saturated rings. The van der Waals surface area contributed by atoms with Crippen molar-refractivity contribution in [1.82, 2.24) is 20.4 Å². The van der Waals surface area contributed by atoms with E-state index >= 15 is 0 Å². The number of aromatic amines is 1. The summed E-state index contributed by atoms with van der Waals surface area (Å²) in [6.45, 7) is 0. The van der Waals surface area contributed by atoms with Crippen LogP contribution in [0.25, 0.3) is 11.3 Å². The summed E-state index contributed by atoms with van der Waals surface area (Å²) >= 11 is 0. The molecule has 2 heterocycles. The van der Waals surface area contributed by atoms with E-state index in [1.807, 2.05) is 0 Å². The van der Waals surface area contributed by atoms with Crippen molar-refractivity contribution >= 4 is 5.97 Å². The molecule has 0 saturated heterocycles. The van der Waals surface area contributed by atoms with Crippen LogP contribution < -0.4 is 0 Å². The van der Waals surface area contributed by atoms with Crippen molar-refractivity contribution in [2.24, 2.45) is 0 Å². The summed E-state index contributed by atoms with van der Waals surface area (Å²) in [4.78, 5) is 15.2. The van der Waals surface area contributed by atoms with Crippen molar-refractivity contribution in [1.29, 1.82) is 0 Å². The number of hydrogen-bond donors (Lipinski definition) is 1. The quantitative estimate of drug-likeness (QED) is 0.726. The lowest BCUT2D eigenvalue weighted by Crippen LogP contribution is -2.03. The van der Waals surface area contributed by atoms with Crippen LogP contribution in [0.5, 0.6) is 0 Å². The van der Waals surface area contributed by atoms with E-state index in [0.717, 1.165) is 5.56 Å². The normalized spacial score (nSPS) is 9.93. The van der Waals surface area contributed by atoms with Crippen LogP contribution >= 0.6 is 0 Å². The zero-order valence-corrected chi connectivity index (χ0v) is 7.97. The minimum atomic E-state index is -0.525. The minimum absolute atomic E-state index is 0.158.